The van der Waals surface area contributed by atoms with Crippen molar-refractivity contribution in [3.63, 3.8) is 0 Å². The third-order valence-corrected chi connectivity index (χ3v) is 1.88. The number of nitrogens with two attached hydrogens (primary N) is 1. The number of carbonyl (C=O) groups excluding carboxylic acids is 2. The molecule has 0 radical (unpaired) electrons. The van der Waals surface area contributed by atoms with Crippen molar-refractivity contribution < 1.29 is 19.1 Å². The van der Waals surface area contributed by atoms with Gasteiger partial charge in [0.25, 0.3) is 0 Å². The predicted octanol–water partition coefficient (Wildman–Crippen LogP) is 1.26. The normalized spacial score (nSPS) is 8.88. The molecule has 0 spiro atoms. The monoisotopic (exact) mass is 245 g/mol. The van der Waals surface area contributed by atoms with Crippen LogP contribution in [0.4, 0.5) is 5.69 Å². The van der Waals surface area contributed by atoms with Crippen molar-refractivity contribution in [1.29, 1.82) is 0 Å². The van der Waals surface area contributed by atoms with Gasteiger partial charge in [-0.1, -0.05) is 0 Å². The second kappa shape index (κ2) is 5.97. The molecule has 0 atom stereocenters. The minimum absolute atomic E-state index is 0. The zero-order valence-corrected chi connectivity index (χ0v) is 9.67. The van der Waals surface area contributed by atoms with Crippen molar-refractivity contribution in [3.8, 4) is 0 Å². The molecule has 6 heteroatoms. The van der Waals surface area contributed by atoms with E-state index in [1.54, 1.807) is 0 Å². The summed E-state index contributed by atoms with van der Waals surface area (Å²) in [5.74, 6) is -1.04. The Morgan fingerprint density at radius 2 is 1.69 bits per heavy atom. The highest BCUT2D eigenvalue weighted by molar-refractivity contribution is 5.98. The number of benzene rings is 1. The summed E-state index contributed by atoms with van der Waals surface area (Å²) in [5, 5.41) is 0. The number of nitrogen functional groups attached to an aromatic ring is 1. The van der Waals surface area contributed by atoms with Crippen molar-refractivity contribution in [3.05, 3.63) is 29.3 Å². The van der Waals surface area contributed by atoms with Gasteiger partial charge in [0, 0.05) is 5.69 Å². The van der Waals surface area contributed by atoms with Crippen molar-refractivity contribution in [1.82, 2.24) is 0 Å². The highest BCUT2D eigenvalue weighted by atomic mass is 35.5. The molecule has 0 saturated heterocycles. The van der Waals surface area contributed by atoms with Gasteiger partial charge in [-0.2, -0.15) is 0 Å². The van der Waals surface area contributed by atoms with Crippen molar-refractivity contribution >= 4 is 30.0 Å². The van der Waals surface area contributed by atoms with Crippen LogP contribution in [0.25, 0.3) is 0 Å². The SMILES string of the molecule is COC(=O)c1ccc(C(=O)OC)c(N)c1.Cl. The quantitative estimate of drug-likeness (QED) is 0.627. The average molecular weight is 246 g/mol. The second-order valence-corrected chi connectivity index (χ2v) is 2.79. The molecule has 0 amide bonds. The molecule has 0 aliphatic rings. The van der Waals surface area contributed by atoms with E-state index in [1.165, 1.54) is 32.4 Å². The van der Waals surface area contributed by atoms with Gasteiger partial charge in [0.2, 0.25) is 0 Å². The maximum absolute atomic E-state index is 11.2. The van der Waals surface area contributed by atoms with E-state index in [9.17, 15) is 9.59 Å². The molecule has 0 heterocycles. The highest BCUT2D eigenvalue weighted by Gasteiger charge is 2.13. The zero-order valence-electron chi connectivity index (χ0n) is 8.85. The fourth-order valence-electron chi connectivity index (χ4n) is 1.10. The Morgan fingerprint density at radius 1 is 1.12 bits per heavy atom. The van der Waals surface area contributed by atoms with Crippen molar-refractivity contribution in [2.75, 3.05) is 20.0 Å². The lowest BCUT2D eigenvalue weighted by Gasteiger charge is -2.05. The molecule has 0 aliphatic carbocycles. The summed E-state index contributed by atoms with van der Waals surface area (Å²) in [6.07, 6.45) is 0. The van der Waals surface area contributed by atoms with Gasteiger partial charge < -0.3 is 15.2 Å². The number of rotatable bonds is 2. The maximum atomic E-state index is 11.2. The molecular formula is C10H12ClNO4. The molecule has 1 aromatic rings. The van der Waals surface area contributed by atoms with Crippen LogP contribution in [0, 0.1) is 0 Å². The molecular weight excluding hydrogens is 234 g/mol. The number of esters is 2. The smallest absolute Gasteiger partial charge is 0.339 e. The minimum atomic E-state index is -0.538. The minimum Gasteiger partial charge on any atom is -0.465 e. The standard InChI is InChI=1S/C10H11NO4.ClH/c1-14-9(12)6-3-4-7(8(11)5-6)10(13)15-2;/h3-5H,11H2,1-2H3;1H. The van der Waals surface area contributed by atoms with Gasteiger partial charge in [0.05, 0.1) is 25.3 Å². The molecule has 0 fully saturated rings. The van der Waals surface area contributed by atoms with Crippen molar-refractivity contribution in [2.24, 2.45) is 0 Å². The Morgan fingerprint density at radius 3 is 2.12 bits per heavy atom. The third-order valence-electron chi connectivity index (χ3n) is 1.88. The van der Waals surface area contributed by atoms with Gasteiger partial charge in [0.15, 0.2) is 0 Å². The van der Waals surface area contributed by atoms with E-state index in [0.29, 0.717) is 5.56 Å². The summed E-state index contributed by atoms with van der Waals surface area (Å²) in [6, 6.07) is 4.25. The van der Waals surface area contributed by atoms with Gasteiger partial charge in [-0.05, 0) is 18.2 Å². The van der Waals surface area contributed by atoms with Gasteiger partial charge in [-0.3, -0.25) is 0 Å². The largest absolute Gasteiger partial charge is 0.465 e. The van der Waals surface area contributed by atoms with E-state index in [0.717, 1.165) is 0 Å². The maximum Gasteiger partial charge on any atom is 0.339 e. The number of ether oxygens (including phenoxy) is 2. The first-order valence-corrected chi connectivity index (χ1v) is 4.16. The van der Waals surface area contributed by atoms with Crippen LogP contribution in [0.1, 0.15) is 20.7 Å². The van der Waals surface area contributed by atoms with E-state index >= 15 is 0 Å². The Kier molecular flexibility index (Phi) is 5.32. The molecule has 1 rings (SSSR count). The lowest BCUT2D eigenvalue weighted by molar-refractivity contribution is 0.0587. The van der Waals surface area contributed by atoms with E-state index < -0.39 is 11.9 Å². The number of carbonyl (C=O) groups is 2. The van der Waals surface area contributed by atoms with Crippen LogP contribution in [0.2, 0.25) is 0 Å². The third kappa shape index (κ3) is 2.87. The number of hydrogen-bond donors (Lipinski definition) is 1. The summed E-state index contributed by atoms with van der Waals surface area (Å²) >= 11 is 0. The second-order valence-electron chi connectivity index (χ2n) is 2.79. The fraction of sp³-hybridized carbons (Fsp3) is 0.200. The van der Waals surface area contributed by atoms with Crippen LogP contribution >= 0.6 is 12.4 Å². The highest BCUT2D eigenvalue weighted by Crippen LogP contribution is 2.15. The van der Waals surface area contributed by atoms with E-state index in [-0.39, 0.29) is 23.7 Å². The summed E-state index contributed by atoms with van der Waals surface area (Å²) < 4.78 is 9.02. The molecule has 0 bridgehead atoms. The van der Waals surface area contributed by atoms with E-state index in [4.69, 9.17) is 5.73 Å². The molecule has 5 nitrogen and oxygen atoms in total. The zero-order chi connectivity index (χ0) is 11.4. The Bertz CT molecular complexity index is 406. The van der Waals surface area contributed by atoms with Gasteiger partial charge >= 0.3 is 11.9 Å². The molecule has 0 saturated carbocycles. The van der Waals surface area contributed by atoms with E-state index in [2.05, 4.69) is 9.47 Å². The molecule has 88 valence electrons. The molecule has 0 unspecified atom stereocenters. The summed E-state index contributed by atoms with van der Waals surface area (Å²) in [4.78, 5) is 22.3. The van der Waals surface area contributed by atoms with Crippen molar-refractivity contribution in [2.45, 2.75) is 0 Å². The molecule has 2 N–H and O–H groups in total. The molecule has 1 aromatic carbocycles. The first-order valence-electron chi connectivity index (χ1n) is 4.16. The Balaban J connectivity index is 0.00000225. The van der Waals surface area contributed by atoms with Gasteiger partial charge in [-0.25, -0.2) is 9.59 Å². The van der Waals surface area contributed by atoms with Crippen LogP contribution in [-0.2, 0) is 9.47 Å². The Labute approximate surface area is 98.9 Å². The summed E-state index contributed by atoms with van der Waals surface area (Å²) in [5.41, 5.74) is 6.29. The molecule has 0 aliphatic heterocycles. The number of methoxy groups -OCH3 is 2. The number of hydrogen-bond acceptors (Lipinski definition) is 5. The van der Waals surface area contributed by atoms with E-state index in [1.807, 2.05) is 0 Å². The summed E-state index contributed by atoms with van der Waals surface area (Å²) in [7, 11) is 2.53. The first-order chi connectivity index (χ1) is 7.10. The predicted molar refractivity (Wildman–Crippen MR) is 60.8 cm³/mol. The number of halogens is 1. The molecule has 16 heavy (non-hydrogen) atoms. The molecule has 0 aromatic heterocycles. The van der Waals surface area contributed by atoms with Crippen LogP contribution in [0.3, 0.4) is 0 Å². The van der Waals surface area contributed by atoms with Crippen LogP contribution in [0.5, 0.6) is 0 Å². The number of anilines is 1. The van der Waals surface area contributed by atoms with Crippen LogP contribution < -0.4 is 5.73 Å². The summed E-state index contributed by atoms with van der Waals surface area (Å²) in [6.45, 7) is 0. The van der Waals surface area contributed by atoms with Gasteiger partial charge in [0.1, 0.15) is 0 Å². The topological polar surface area (TPSA) is 78.6 Å². The first kappa shape index (κ1) is 14.2. The fourth-order valence-corrected chi connectivity index (χ4v) is 1.10. The lowest BCUT2D eigenvalue weighted by atomic mass is 10.1. The lowest BCUT2D eigenvalue weighted by Crippen LogP contribution is -2.08. The van der Waals surface area contributed by atoms with Gasteiger partial charge in [-0.15, -0.1) is 12.4 Å². The van der Waals surface area contributed by atoms with Crippen LogP contribution in [0.15, 0.2) is 18.2 Å². The van der Waals surface area contributed by atoms with Crippen LogP contribution in [-0.4, -0.2) is 26.2 Å². The average Bonchev–Trinajstić information content (AvgIpc) is 2.26. The Hall–Kier alpha value is -1.75.